The third kappa shape index (κ3) is 4.13. The van der Waals surface area contributed by atoms with Gasteiger partial charge in [-0.1, -0.05) is 13.0 Å². The van der Waals surface area contributed by atoms with Crippen LogP contribution in [0.4, 0.5) is 11.4 Å². The number of hydrogen-bond donors (Lipinski definition) is 1. The largest absolute Gasteiger partial charge is 0.369 e. The van der Waals surface area contributed by atoms with Crippen molar-refractivity contribution in [3.05, 3.63) is 68.8 Å². The Balaban J connectivity index is 1.80. The van der Waals surface area contributed by atoms with Gasteiger partial charge < -0.3 is 4.90 Å². The lowest BCUT2D eigenvalue weighted by molar-refractivity contribution is -0.384. The summed E-state index contributed by atoms with van der Waals surface area (Å²) in [7, 11) is 2.12. The fourth-order valence-corrected chi connectivity index (χ4v) is 3.86. The third-order valence-electron chi connectivity index (χ3n) is 5.71. The number of hydrogen-bond acceptors (Lipinski definition) is 5. The smallest absolute Gasteiger partial charge is 0.271 e. The van der Waals surface area contributed by atoms with E-state index in [0.717, 1.165) is 17.5 Å². The van der Waals surface area contributed by atoms with E-state index in [4.69, 9.17) is 0 Å². The minimum absolute atomic E-state index is 0.0979. The first kappa shape index (κ1) is 20.5. The number of anilines is 1. The molecule has 1 atom stereocenters. The first-order valence-corrected chi connectivity index (χ1v) is 9.56. The molecule has 1 heterocycles. The van der Waals surface area contributed by atoms with Crippen molar-refractivity contribution in [3.63, 3.8) is 0 Å². The number of carbonyl (C=O) groups is 1. The van der Waals surface area contributed by atoms with Crippen LogP contribution < -0.4 is 10.3 Å². The molecule has 1 unspecified atom stereocenters. The summed E-state index contributed by atoms with van der Waals surface area (Å²) >= 11 is 0. The quantitative estimate of drug-likeness (QED) is 0.473. The Morgan fingerprint density at radius 3 is 2.76 bits per heavy atom. The topological polar surface area (TPSA) is 87.8 Å². The van der Waals surface area contributed by atoms with Gasteiger partial charge in [0.1, 0.15) is 0 Å². The van der Waals surface area contributed by atoms with E-state index in [-0.39, 0.29) is 16.8 Å². The number of benzene rings is 2. The molecule has 3 rings (SSSR count). The molecule has 0 saturated heterocycles. The molecular weight excluding hydrogens is 368 g/mol. The molecule has 1 aliphatic rings. The van der Waals surface area contributed by atoms with Crippen LogP contribution in [0.5, 0.6) is 0 Å². The van der Waals surface area contributed by atoms with Crippen LogP contribution in [0.3, 0.4) is 0 Å². The molecule has 0 saturated carbocycles. The first-order chi connectivity index (χ1) is 13.6. The van der Waals surface area contributed by atoms with Crippen LogP contribution in [0, 0.1) is 17.0 Å². The summed E-state index contributed by atoms with van der Waals surface area (Å²) in [5.41, 5.74) is 7.10. The van der Waals surface area contributed by atoms with Crippen LogP contribution in [0.25, 0.3) is 0 Å². The Kier molecular flexibility index (Phi) is 5.42. The number of nitrogens with one attached hydrogen (secondary N) is 1. The van der Waals surface area contributed by atoms with Crippen LogP contribution in [0.2, 0.25) is 0 Å². The number of fused-ring (bicyclic) bond motifs is 1. The molecule has 0 radical (unpaired) electrons. The van der Waals surface area contributed by atoms with E-state index in [1.165, 1.54) is 35.5 Å². The second-order valence-electron chi connectivity index (χ2n) is 8.25. The molecule has 7 nitrogen and oxygen atoms in total. The molecule has 2 aromatic rings. The normalized spacial score (nSPS) is 17.8. The van der Waals surface area contributed by atoms with E-state index in [0.29, 0.717) is 5.92 Å². The molecule has 0 spiro atoms. The Hall–Kier alpha value is -3.22. The van der Waals surface area contributed by atoms with E-state index in [1.54, 1.807) is 6.21 Å². The number of aryl methyl sites for hydroxylation is 1. The minimum atomic E-state index is -0.532. The van der Waals surface area contributed by atoms with E-state index >= 15 is 0 Å². The van der Waals surface area contributed by atoms with Crippen molar-refractivity contribution in [3.8, 4) is 0 Å². The zero-order valence-electron chi connectivity index (χ0n) is 17.4. The van der Waals surface area contributed by atoms with Crippen molar-refractivity contribution in [2.45, 2.75) is 45.6 Å². The number of nitro groups is 1. The molecule has 0 aromatic heterocycles. The van der Waals surface area contributed by atoms with E-state index in [9.17, 15) is 14.9 Å². The Morgan fingerprint density at radius 2 is 2.07 bits per heavy atom. The zero-order chi connectivity index (χ0) is 21.3. The van der Waals surface area contributed by atoms with Crippen LogP contribution in [-0.2, 0) is 0 Å². The standard InChI is InChI=1S/C22H26N4O3/c1-14-9-20-19(15(2)12-22(3,4)25(20)5)11-17(14)13-23-24-21(27)16-7-6-8-18(10-16)26(28)29/h6-11,13,15H,12H2,1-5H3,(H,24,27)/b23-13-. The second-order valence-corrected chi connectivity index (χ2v) is 8.25. The summed E-state index contributed by atoms with van der Waals surface area (Å²) < 4.78 is 0. The van der Waals surface area contributed by atoms with Crippen molar-refractivity contribution >= 4 is 23.5 Å². The lowest BCUT2D eigenvalue weighted by Crippen LogP contribution is -2.45. The van der Waals surface area contributed by atoms with Gasteiger partial charge in [-0.2, -0.15) is 5.10 Å². The van der Waals surface area contributed by atoms with Gasteiger partial charge in [0, 0.05) is 36.0 Å². The van der Waals surface area contributed by atoms with Gasteiger partial charge in [0.25, 0.3) is 11.6 Å². The van der Waals surface area contributed by atoms with Crippen LogP contribution in [0.1, 0.15) is 60.2 Å². The maximum atomic E-state index is 12.2. The fourth-order valence-electron chi connectivity index (χ4n) is 3.86. The fraction of sp³-hybridized carbons (Fsp3) is 0.364. The van der Waals surface area contributed by atoms with Crippen LogP contribution in [0.15, 0.2) is 41.5 Å². The predicted octanol–water partition coefficient (Wildman–Crippen LogP) is 4.39. The molecule has 1 aliphatic heterocycles. The Morgan fingerprint density at radius 1 is 1.34 bits per heavy atom. The Labute approximate surface area is 170 Å². The second kappa shape index (κ2) is 7.66. The molecule has 29 heavy (non-hydrogen) atoms. The van der Waals surface area contributed by atoms with Gasteiger partial charge in [0.05, 0.1) is 11.1 Å². The van der Waals surface area contributed by atoms with Crippen molar-refractivity contribution in [2.24, 2.45) is 5.10 Å². The molecular formula is C22H26N4O3. The number of carbonyl (C=O) groups excluding carboxylic acids is 1. The molecule has 1 amide bonds. The molecule has 0 aliphatic carbocycles. The number of rotatable bonds is 4. The van der Waals surface area contributed by atoms with E-state index < -0.39 is 10.8 Å². The van der Waals surface area contributed by atoms with Gasteiger partial charge in [-0.3, -0.25) is 14.9 Å². The number of nitrogens with zero attached hydrogens (tertiary/aromatic N) is 3. The highest BCUT2D eigenvalue weighted by Crippen LogP contribution is 2.43. The van der Waals surface area contributed by atoms with Crippen molar-refractivity contribution in [2.75, 3.05) is 11.9 Å². The summed E-state index contributed by atoms with van der Waals surface area (Å²) in [5.74, 6) is -0.0705. The van der Waals surface area contributed by atoms with Crippen LogP contribution >= 0.6 is 0 Å². The lowest BCUT2D eigenvalue weighted by atomic mass is 9.79. The van der Waals surface area contributed by atoms with Gasteiger partial charge in [-0.05, 0) is 68.0 Å². The summed E-state index contributed by atoms with van der Waals surface area (Å²) in [4.78, 5) is 24.9. The summed E-state index contributed by atoms with van der Waals surface area (Å²) in [6, 6.07) is 9.86. The minimum Gasteiger partial charge on any atom is -0.369 e. The molecule has 152 valence electrons. The SMILES string of the molecule is Cc1cc2c(cc1/C=N\NC(=O)c1cccc([N+](=O)[O-])c1)C(C)CC(C)(C)N2C. The van der Waals surface area contributed by atoms with Crippen LogP contribution in [-0.4, -0.2) is 29.6 Å². The van der Waals surface area contributed by atoms with Gasteiger partial charge in [-0.25, -0.2) is 5.43 Å². The monoisotopic (exact) mass is 394 g/mol. The first-order valence-electron chi connectivity index (χ1n) is 9.56. The van der Waals surface area contributed by atoms with E-state index in [1.807, 2.05) is 6.92 Å². The third-order valence-corrected chi connectivity index (χ3v) is 5.71. The molecule has 0 bridgehead atoms. The molecule has 2 aromatic carbocycles. The van der Waals surface area contributed by atoms with Gasteiger partial charge in [0.15, 0.2) is 0 Å². The number of nitro benzene ring substituents is 1. The summed E-state index contributed by atoms with van der Waals surface area (Å²) in [6.45, 7) is 8.75. The average molecular weight is 394 g/mol. The highest BCUT2D eigenvalue weighted by Gasteiger charge is 2.34. The van der Waals surface area contributed by atoms with Gasteiger partial charge in [-0.15, -0.1) is 0 Å². The molecule has 1 N–H and O–H groups in total. The highest BCUT2D eigenvalue weighted by atomic mass is 16.6. The number of non-ortho nitro benzene ring substituents is 1. The maximum absolute atomic E-state index is 12.2. The van der Waals surface area contributed by atoms with Crippen molar-refractivity contribution < 1.29 is 9.72 Å². The van der Waals surface area contributed by atoms with E-state index in [2.05, 4.69) is 55.4 Å². The van der Waals surface area contributed by atoms with Crippen molar-refractivity contribution in [1.82, 2.24) is 5.43 Å². The van der Waals surface area contributed by atoms with Gasteiger partial charge >= 0.3 is 0 Å². The zero-order valence-corrected chi connectivity index (χ0v) is 17.4. The summed E-state index contributed by atoms with van der Waals surface area (Å²) in [5, 5.41) is 14.9. The van der Waals surface area contributed by atoms with Gasteiger partial charge in [0.2, 0.25) is 0 Å². The molecule has 7 heteroatoms. The van der Waals surface area contributed by atoms with Crippen molar-refractivity contribution in [1.29, 1.82) is 0 Å². The molecule has 0 fully saturated rings. The maximum Gasteiger partial charge on any atom is 0.271 e. The Bertz CT molecular complexity index is 998. The number of amides is 1. The average Bonchev–Trinajstić information content (AvgIpc) is 2.66. The number of hydrazone groups is 1. The predicted molar refractivity (Wildman–Crippen MR) is 115 cm³/mol. The summed E-state index contributed by atoms with van der Waals surface area (Å²) in [6.07, 6.45) is 2.68. The highest BCUT2D eigenvalue weighted by molar-refractivity contribution is 5.95. The lowest BCUT2D eigenvalue weighted by Gasteiger charge is -2.45.